The Kier molecular flexibility index (Phi) is 6.34. The van der Waals surface area contributed by atoms with Crippen LogP contribution in [-0.2, 0) is 14.8 Å². The van der Waals surface area contributed by atoms with Gasteiger partial charge >= 0.3 is 0 Å². The largest absolute Gasteiger partial charge is 0.493 e. The molecule has 0 saturated carbocycles. The van der Waals surface area contributed by atoms with Crippen molar-refractivity contribution in [1.82, 2.24) is 9.21 Å². The second-order valence-corrected chi connectivity index (χ2v) is 10.3. The number of benzene rings is 2. The van der Waals surface area contributed by atoms with Gasteiger partial charge in [-0.05, 0) is 42.5 Å². The van der Waals surface area contributed by atoms with Crippen LogP contribution >= 0.6 is 0 Å². The van der Waals surface area contributed by atoms with Gasteiger partial charge in [-0.3, -0.25) is 4.79 Å². The van der Waals surface area contributed by atoms with Crippen molar-refractivity contribution in [2.75, 3.05) is 32.8 Å². The third kappa shape index (κ3) is 4.34. The summed E-state index contributed by atoms with van der Waals surface area (Å²) in [6.45, 7) is 6.21. The predicted molar refractivity (Wildman–Crippen MR) is 120 cm³/mol. The van der Waals surface area contributed by atoms with Gasteiger partial charge in [-0.1, -0.05) is 44.2 Å². The molecular formula is C24H30N2O4S. The SMILES string of the molecule is CCC(C)c1ccc(S(=O)(=O)N2CCN(C(=O)C3CCOc4ccccc43)CC2)cc1. The maximum atomic E-state index is 13.2. The Bertz CT molecular complexity index is 1030. The van der Waals surface area contributed by atoms with Gasteiger partial charge in [0.25, 0.3) is 0 Å². The Labute approximate surface area is 184 Å². The molecule has 2 atom stereocenters. The molecule has 166 valence electrons. The van der Waals surface area contributed by atoms with Crippen molar-refractivity contribution >= 4 is 15.9 Å². The topological polar surface area (TPSA) is 66.9 Å². The van der Waals surface area contributed by atoms with Gasteiger partial charge in [0.2, 0.25) is 15.9 Å². The normalized spacial score (nSPS) is 20.6. The van der Waals surface area contributed by atoms with Crippen LogP contribution in [0.15, 0.2) is 53.4 Å². The Morgan fingerprint density at radius 1 is 1.06 bits per heavy atom. The van der Waals surface area contributed by atoms with Gasteiger partial charge in [-0.25, -0.2) is 8.42 Å². The third-order valence-electron chi connectivity index (χ3n) is 6.51. The number of hydrogen-bond donors (Lipinski definition) is 0. The van der Waals surface area contributed by atoms with Crippen LogP contribution in [-0.4, -0.2) is 56.3 Å². The van der Waals surface area contributed by atoms with Crippen LogP contribution in [0.2, 0.25) is 0 Å². The van der Waals surface area contributed by atoms with E-state index in [2.05, 4.69) is 13.8 Å². The molecule has 1 fully saturated rings. The fourth-order valence-electron chi connectivity index (χ4n) is 4.32. The van der Waals surface area contributed by atoms with Crippen molar-refractivity contribution in [3.8, 4) is 5.75 Å². The summed E-state index contributed by atoms with van der Waals surface area (Å²) in [4.78, 5) is 15.3. The zero-order valence-electron chi connectivity index (χ0n) is 18.2. The maximum Gasteiger partial charge on any atom is 0.243 e. The number of para-hydroxylation sites is 1. The van der Waals surface area contributed by atoms with Gasteiger partial charge in [-0.2, -0.15) is 4.31 Å². The lowest BCUT2D eigenvalue weighted by atomic mass is 9.91. The minimum Gasteiger partial charge on any atom is -0.493 e. The van der Waals surface area contributed by atoms with Crippen LogP contribution in [0.5, 0.6) is 5.75 Å². The molecule has 31 heavy (non-hydrogen) atoms. The highest BCUT2D eigenvalue weighted by Gasteiger charge is 2.35. The van der Waals surface area contributed by atoms with Crippen LogP contribution in [0, 0.1) is 0 Å². The van der Waals surface area contributed by atoms with Crippen molar-refractivity contribution < 1.29 is 17.9 Å². The van der Waals surface area contributed by atoms with Crippen LogP contribution in [0.3, 0.4) is 0 Å². The Balaban J connectivity index is 1.42. The minimum absolute atomic E-state index is 0.0608. The van der Waals surface area contributed by atoms with Gasteiger partial charge in [0.1, 0.15) is 5.75 Å². The van der Waals surface area contributed by atoms with E-state index in [0.717, 1.165) is 23.3 Å². The van der Waals surface area contributed by atoms with Crippen LogP contribution in [0.1, 0.15) is 49.7 Å². The molecule has 2 aromatic rings. The summed E-state index contributed by atoms with van der Waals surface area (Å²) < 4.78 is 33.3. The highest BCUT2D eigenvalue weighted by Crippen LogP contribution is 2.35. The van der Waals surface area contributed by atoms with E-state index >= 15 is 0 Å². The number of amides is 1. The number of hydrogen-bond acceptors (Lipinski definition) is 4. The zero-order chi connectivity index (χ0) is 22.0. The molecular weight excluding hydrogens is 412 g/mol. The first kappa shape index (κ1) is 21.8. The molecule has 4 rings (SSSR count). The number of ether oxygens (including phenoxy) is 1. The van der Waals surface area contributed by atoms with Crippen molar-refractivity contribution in [3.05, 3.63) is 59.7 Å². The van der Waals surface area contributed by atoms with Gasteiger partial charge in [-0.15, -0.1) is 0 Å². The number of carbonyl (C=O) groups excluding carboxylic acids is 1. The molecule has 0 N–H and O–H groups in total. The molecule has 0 aromatic heterocycles. The highest BCUT2D eigenvalue weighted by atomic mass is 32.2. The van der Waals surface area contributed by atoms with Crippen molar-refractivity contribution in [3.63, 3.8) is 0 Å². The molecule has 6 nitrogen and oxygen atoms in total. The number of sulfonamides is 1. The lowest BCUT2D eigenvalue weighted by molar-refractivity contribution is -0.134. The minimum atomic E-state index is -3.56. The molecule has 0 radical (unpaired) electrons. The van der Waals surface area contributed by atoms with E-state index in [1.807, 2.05) is 36.4 Å². The number of rotatable bonds is 5. The van der Waals surface area contributed by atoms with E-state index in [1.165, 1.54) is 4.31 Å². The number of nitrogens with zero attached hydrogens (tertiary/aromatic N) is 2. The zero-order valence-corrected chi connectivity index (χ0v) is 19.0. The number of piperazine rings is 1. The summed E-state index contributed by atoms with van der Waals surface area (Å²) in [5, 5.41) is 0. The van der Waals surface area contributed by atoms with Gasteiger partial charge in [0, 0.05) is 31.7 Å². The van der Waals surface area contributed by atoms with Crippen LogP contribution in [0.25, 0.3) is 0 Å². The highest BCUT2D eigenvalue weighted by molar-refractivity contribution is 7.89. The van der Waals surface area contributed by atoms with E-state index in [4.69, 9.17) is 4.74 Å². The lowest BCUT2D eigenvalue weighted by Gasteiger charge is -2.37. The van der Waals surface area contributed by atoms with E-state index in [1.54, 1.807) is 17.0 Å². The summed E-state index contributed by atoms with van der Waals surface area (Å²) in [5.74, 6) is 1.02. The molecule has 2 aliphatic heterocycles. The van der Waals surface area contributed by atoms with E-state index in [-0.39, 0.29) is 11.8 Å². The Morgan fingerprint density at radius 3 is 2.42 bits per heavy atom. The first-order valence-electron chi connectivity index (χ1n) is 11.0. The second-order valence-electron chi connectivity index (χ2n) is 8.34. The second kappa shape index (κ2) is 9.01. The number of fused-ring (bicyclic) bond motifs is 1. The van der Waals surface area contributed by atoms with Crippen molar-refractivity contribution in [2.24, 2.45) is 0 Å². The van der Waals surface area contributed by atoms with Gasteiger partial charge in [0.15, 0.2) is 0 Å². The number of carbonyl (C=O) groups is 1. The first-order valence-corrected chi connectivity index (χ1v) is 12.5. The molecule has 2 unspecified atom stereocenters. The van der Waals surface area contributed by atoms with Crippen LogP contribution in [0.4, 0.5) is 0 Å². The summed E-state index contributed by atoms with van der Waals surface area (Å²) in [6, 6.07) is 14.9. The fraction of sp³-hybridized carbons (Fsp3) is 0.458. The predicted octanol–water partition coefficient (Wildman–Crippen LogP) is 3.60. The Morgan fingerprint density at radius 2 is 1.74 bits per heavy atom. The molecule has 2 aromatic carbocycles. The van der Waals surface area contributed by atoms with E-state index in [0.29, 0.717) is 50.0 Å². The monoisotopic (exact) mass is 442 g/mol. The van der Waals surface area contributed by atoms with Gasteiger partial charge < -0.3 is 9.64 Å². The molecule has 1 amide bonds. The van der Waals surface area contributed by atoms with Crippen molar-refractivity contribution in [1.29, 1.82) is 0 Å². The summed E-state index contributed by atoms with van der Waals surface area (Å²) in [6.07, 6.45) is 1.66. The average Bonchev–Trinajstić information content (AvgIpc) is 2.83. The molecule has 0 spiro atoms. The summed E-state index contributed by atoms with van der Waals surface area (Å²) in [5.41, 5.74) is 2.07. The third-order valence-corrected chi connectivity index (χ3v) is 8.42. The summed E-state index contributed by atoms with van der Waals surface area (Å²) >= 11 is 0. The quantitative estimate of drug-likeness (QED) is 0.710. The summed E-state index contributed by atoms with van der Waals surface area (Å²) in [7, 11) is -3.56. The lowest BCUT2D eigenvalue weighted by Crippen LogP contribution is -2.51. The molecule has 7 heteroatoms. The standard InChI is InChI=1S/C24H30N2O4S/c1-3-18(2)19-8-10-20(11-9-19)31(28,29)26-15-13-25(14-16-26)24(27)22-12-17-30-23-7-5-4-6-21(22)23/h4-11,18,22H,3,12-17H2,1-2H3. The molecule has 2 aliphatic rings. The fourth-order valence-corrected chi connectivity index (χ4v) is 5.74. The van der Waals surface area contributed by atoms with E-state index < -0.39 is 10.0 Å². The molecule has 2 heterocycles. The average molecular weight is 443 g/mol. The maximum absolute atomic E-state index is 13.2. The Hall–Kier alpha value is -2.38. The molecule has 1 saturated heterocycles. The van der Waals surface area contributed by atoms with Crippen LogP contribution < -0.4 is 4.74 Å². The van der Waals surface area contributed by atoms with Crippen molar-refractivity contribution in [2.45, 2.75) is 43.4 Å². The smallest absolute Gasteiger partial charge is 0.243 e. The first-order chi connectivity index (χ1) is 14.9. The van der Waals surface area contributed by atoms with Gasteiger partial charge in [0.05, 0.1) is 17.4 Å². The molecule has 0 bridgehead atoms. The molecule has 0 aliphatic carbocycles. The van der Waals surface area contributed by atoms with E-state index in [9.17, 15) is 13.2 Å².